The van der Waals surface area contributed by atoms with Crippen molar-refractivity contribution in [3.05, 3.63) is 53.5 Å². The molecule has 30 heavy (non-hydrogen) atoms. The van der Waals surface area contributed by atoms with Gasteiger partial charge in [-0.3, -0.25) is 4.99 Å². The van der Waals surface area contributed by atoms with Crippen LogP contribution in [0.3, 0.4) is 0 Å². The minimum absolute atomic E-state index is 0.0654. The summed E-state index contributed by atoms with van der Waals surface area (Å²) in [7, 11) is 1.66. The van der Waals surface area contributed by atoms with E-state index in [9.17, 15) is 13.2 Å². The van der Waals surface area contributed by atoms with Crippen molar-refractivity contribution < 1.29 is 13.2 Å². The van der Waals surface area contributed by atoms with Gasteiger partial charge in [-0.15, -0.1) is 0 Å². The van der Waals surface area contributed by atoms with Gasteiger partial charge in [-0.2, -0.15) is 13.2 Å². The average molecular weight is 419 g/mol. The summed E-state index contributed by atoms with van der Waals surface area (Å²) in [5.41, 5.74) is 2.55. The molecule has 0 radical (unpaired) electrons. The molecular formula is C20H24F3N7. The van der Waals surface area contributed by atoms with Crippen molar-refractivity contribution in [2.75, 3.05) is 32.0 Å². The number of aliphatic imine (C=N–C) groups is 1. The van der Waals surface area contributed by atoms with Gasteiger partial charge in [-0.25, -0.2) is 9.97 Å². The molecule has 3 aromatic rings. The van der Waals surface area contributed by atoms with Gasteiger partial charge in [0.1, 0.15) is 5.69 Å². The largest absolute Gasteiger partial charge is 0.433 e. The Labute approximate surface area is 172 Å². The summed E-state index contributed by atoms with van der Waals surface area (Å²) in [5.74, 6) is 0.545. The van der Waals surface area contributed by atoms with Gasteiger partial charge < -0.3 is 20.9 Å². The van der Waals surface area contributed by atoms with Crippen LogP contribution in [0.5, 0.6) is 0 Å². The summed E-state index contributed by atoms with van der Waals surface area (Å²) in [4.78, 5) is 14.8. The molecule has 160 valence electrons. The molecule has 1 aromatic carbocycles. The lowest BCUT2D eigenvalue weighted by Gasteiger charge is -2.13. The SMILES string of the molecule is CN=C(NCCNc1nccc(C(F)(F)F)n1)NCCc1c(C)[nH]c2ccccc12. The second kappa shape index (κ2) is 9.47. The highest BCUT2D eigenvalue weighted by Gasteiger charge is 2.32. The van der Waals surface area contributed by atoms with Crippen molar-refractivity contribution in [2.24, 2.45) is 4.99 Å². The Morgan fingerprint density at radius 1 is 1.10 bits per heavy atom. The Bertz CT molecular complexity index is 1010. The van der Waals surface area contributed by atoms with Gasteiger partial charge in [0, 0.05) is 49.5 Å². The minimum atomic E-state index is -4.49. The minimum Gasteiger partial charge on any atom is -0.358 e. The molecule has 0 bridgehead atoms. The molecule has 4 N–H and O–H groups in total. The van der Waals surface area contributed by atoms with Crippen LogP contribution in [0.4, 0.5) is 19.1 Å². The smallest absolute Gasteiger partial charge is 0.358 e. The van der Waals surface area contributed by atoms with Crippen molar-refractivity contribution in [1.82, 2.24) is 25.6 Å². The summed E-state index contributed by atoms with van der Waals surface area (Å²) >= 11 is 0. The van der Waals surface area contributed by atoms with E-state index in [4.69, 9.17) is 0 Å². The molecule has 0 aliphatic carbocycles. The second-order valence-electron chi connectivity index (χ2n) is 6.64. The summed E-state index contributed by atoms with van der Waals surface area (Å²) in [5, 5.41) is 10.3. The number of rotatable bonds is 7. The Morgan fingerprint density at radius 3 is 2.63 bits per heavy atom. The maximum absolute atomic E-state index is 12.7. The molecule has 0 unspecified atom stereocenters. The molecule has 0 aliphatic rings. The Morgan fingerprint density at radius 2 is 1.87 bits per heavy atom. The third kappa shape index (κ3) is 5.40. The quantitative estimate of drug-likeness (QED) is 0.268. The van der Waals surface area contributed by atoms with Gasteiger partial charge in [0.05, 0.1) is 0 Å². The third-order valence-electron chi connectivity index (χ3n) is 4.56. The number of fused-ring (bicyclic) bond motifs is 1. The lowest BCUT2D eigenvalue weighted by Crippen LogP contribution is -2.40. The van der Waals surface area contributed by atoms with Crippen LogP contribution in [-0.4, -0.2) is 47.6 Å². The summed E-state index contributed by atoms with van der Waals surface area (Å²) < 4.78 is 38.0. The number of nitrogens with one attached hydrogen (secondary N) is 4. The molecule has 7 nitrogen and oxygen atoms in total. The third-order valence-corrected chi connectivity index (χ3v) is 4.56. The maximum Gasteiger partial charge on any atom is 0.433 e. The highest BCUT2D eigenvalue weighted by Crippen LogP contribution is 2.27. The van der Waals surface area contributed by atoms with E-state index < -0.39 is 11.9 Å². The maximum atomic E-state index is 12.7. The molecule has 3 rings (SSSR count). The Kier molecular flexibility index (Phi) is 6.76. The van der Waals surface area contributed by atoms with E-state index in [1.807, 2.05) is 12.1 Å². The zero-order valence-corrected chi connectivity index (χ0v) is 16.8. The van der Waals surface area contributed by atoms with Crippen LogP contribution in [0.2, 0.25) is 0 Å². The predicted octanol–water partition coefficient (Wildman–Crippen LogP) is 3.10. The van der Waals surface area contributed by atoms with Gasteiger partial charge in [-0.05, 0) is 31.0 Å². The van der Waals surface area contributed by atoms with Crippen LogP contribution in [0.25, 0.3) is 10.9 Å². The summed E-state index contributed by atoms with van der Waals surface area (Å²) in [6, 6.07) is 9.02. The van der Waals surface area contributed by atoms with Gasteiger partial charge in [0.25, 0.3) is 0 Å². The van der Waals surface area contributed by atoms with E-state index in [1.165, 1.54) is 10.9 Å². The molecule has 0 spiro atoms. The van der Waals surface area contributed by atoms with Crippen LogP contribution >= 0.6 is 0 Å². The van der Waals surface area contributed by atoms with Crippen molar-refractivity contribution in [3.8, 4) is 0 Å². The molecule has 10 heteroatoms. The molecule has 2 aromatic heterocycles. The number of H-pyrrole nitrogens is 1. The molecular weight excluding hydrogens is 395 g/mol. The van der Waals surface area contributed by atoms with Crippen LogP contribution in [0.1, 0.15) is 17.0 Å². The first kappa shape index (κ1) is 21.4. The molecule has 0 fully saturated rings. The molecule has 0 aliphatic heterocycles. The fourth-order valence-electron chi connectivity index (χ4n) is 3.14. The van der Waals surface area contributed by atoms with Crippen LogP contribution in [0, 0.1) is 6.92 Å². The summed E-state index contributed by atoms with van der Waals surface area (Å²) in [6.45, 7) is 3.52. The molecule has 2 heterocycles. The Balaban J connectivity index is 1.44. The predicted molar refractivity (Wildman–Crippen MR) is 112 cm³/mol. The molecule has 0 saturated carbocycles. The van der Waals surface area contributed by atoms with Gasteiger partial charge >= 0.3 is 6.18 Å². The lowest BCUT2D eigenvalue weighted by atomic mass is 10.1. The molecule has 0 atom stereocenters. The van der Waals surface area contributed by atoms with Crippen LogP contribution in [-0.2, 0) is 12.6 Å². The van der Waals surface area contributed by atoms with E-state index in [2.05, 4.69) is 55.0 Å². The number of aromatic amines is 1. The number of guanidine groups is 1. The lowest BCUT2D eigenvalue weighted by molar-refractivity contribution is -0.141. The number of anilines is 1. The number of para-hydroxylation sites is 1. The first-order chi connectivity index (χ1) is 14.4. The van der Waals surface area contributed by atoms with E-state index in [-0.39, 0.29) is 5.95 Å². The van der Waals surface area contributed by atoms with Gasteiger partial charge in [0.15, 0.2) is 5.96 Å². The second-order valence-corrected chi connectivity index (χ2v) is 6.64. The van der Waals surface area contributed by atoms with Crippen molar-refractivity contribution >= 4 is 22.8 Å². The number of nitrogens with zero attached hydrogens (tertiary/aromatic N) is 3. The number of hydrogen-bond acceptors (Lipinski definition) is 4. The standard InChI is InChI=1S/C20H24F3N7/c1-13-14(15-5-3-4-6-16(15)29-13)7-9-25-18(24-2)27-11-12-28-19-26-10-8-17(30-19)20(21,22)23/h3-6,8,10,29H,7,9,11-12H2,1-2H3,(H2,24,25,27)(H,26,28,30). The van der Waals surface area contributed by atoms with Crippen LogP contribution < -0.4 is 16.0 Å². The topological polar surface area (TPSA) is 90.0 Å². The van der Waals surface area contributed by atoms with Crippen molar-refractivity contribution in [3.63, 3.8) is 0 Å². The first-order valence-electron chi connectivity index (χ1n) is 9.53. The van der Waals surface area contributed by atoms with Crippen molar-refractivity contribution in [1.29, 1.82) is 0 Å². The van der Waals surface area contributed by atoms with E-state index >= 15 is 0 Å². The average Bonchev–Trinajstić information content (AvgIpc) is 3.04. The number of alkyl halides is 3. The van der Waals surface area contributed by atoms with Crippen LogP contribution in [0.15, 0.2) is 41.5 Å². The van der Waals surface area contributed by atoms with E-state index in [0.29, 0.717) is 25.6 Å². The highest BCUT2D eigenvalue weighted by atomic mass is 19.4. The zero-order valence-electron chi connectivity index (χ0n) is 16.8. The van der Waals surface area contributed by atoms with Crippen molar-refractivity contribution in [2.45, 2.75) is 19.5 Å². The fourth-order valence-corrected chi connectivity index (χ4v) is 3.14. The number of halogens is 3. The van der Waals surface area contributed by atoms with E-state index in [0.717, 1.165) is 29.9 Å². The van der Waals surface area contributed by atoms with E-state index in [1.54, 1.807) is 7.05 Å². The normalized spacial score (nSPS) is 12.2. The zero-order chi connectivity index (χ0) is 21.6. The molecule has 0 amide bonds. The molecule has 0 saturated heterocycles. The monoisotopic (exact) mass is 419 g/mol. The first-order valence-corrected chi connectivity index (χ1v) is 9.53. The fraction of sp³-hybridized carbons (Fsp3) is 0.350. The highest BCUT2D eigenvalue weighted by molar-refractivity contribution is 5.84. The Hall–Kier alpha value is -3.30. The number of aromatic nitrogens is 3. The van der Waals surface area contributed by atoms with Gasteiger partial charge in [0.2, 0.25) is 5.95 Å². The van der Waals surface area contributed by atoms with Gasteiger partial charge in [-0.1, -0.05) is 18.2 Å². The number of aryl methyl sites for hydroxylation is 1. The summed E-state index contributed by atoms with van der Waals surface area (Å²) in [6.07, 6.45) is -2.58. The number of hydrogen-bond donors (Lipinski definition) is 4. The number of benzene rings is 1.